The summed E-state index contributed by atoms with van der Waals surface area (Å²) in [5, 5.41) is 5.41. The molecule has 0 unspecified atom stereocenters. The standard InChI is InChI=1S/C21H24N2O4/c1-5-14-10-12-15(13-11-14)22-19(25)21(2,3)20(26)23-17-9-7-6-8-16(17)18(24)27-4/h6-13H,5H2,1-4H3,(H,22,25)(H,23,26). The van der Waals surface area contributed by atoms with Gasteiger partial charge in [-0.25, -0.2) is 4.79 Å². The van der Waals surface area contributed by atoms with Crippen LogP contribution in [0.15, 0.2) is 48.5 Å². The lowest BCUT2D eigenvalue weighted by Gasteiger charge is -2.23. The van der Waals surface area contributed by atoms with Crippen molar-refractivity contribution in [1.82, 2.24) is 0 Å². The van der Waals surface area contributed by atoms with Crippen LogP contribution in [0, 0.1) is 5.41 Å². The largest absolute Gasteiger partial charge is 0.465 e. The van der Waals surface area contributed by atoms with Gasteiger partial charge in [0.1, 0.15) is 5.41 Å². The zero-order valence-electron chi connectivity index (χ0n) is 16.0. The molecule has 0 aliphatic rings. The molecule has 2 aromatic rings. The molecule has 0 spiro atoms. The summed E-state index contributed by atoms with van der Waals surface area (Å²) >= 11 is 0. The molecule has 0 aromatic heterocycles. The highest BCUT2D eigenvalue weighted by molar-refractivity contribution is 6.15. The molecule has 0 heterocycles. The van der Waals surface area contributed by atoms with Crippen LogP contribution in [0.1, 0.15) is 36.7 Å². The maximum atomic E-state index is 12.7. The van der Waals surface area contributed by atoms with Crippen molar-refractivity contribution in [2.45, 2.75) is 27.2 Å². The smallest absolute Gasteiger partial charge is 0.339 e. The van der Waals surface area contributed by atoms with Gasteiger partial charge in [0.25, 0.3) is 0 Å². The molecule has 6 nitrogen and oxygen atoms in total. The van der Waals surface area contributed by atoms with Gasteiger partial charge in [-0.15, -0.1) is 0 Å². The Balaban J connectivity index is 2.14. The minimum Gasteiger partial charge on any atom is -0.465 e. The Morgan fingerprint density at radius 2 is 1.52 bits per heavy atom. The molecular weight excluding hydrogens is 344 g/mol. The molecule has 0 aliphatic heterocycles. The third-order valence-electron chi connectivity index (χ3n) is 4.34. The van der Waals surface area contributed by atoms with Crippen molar-refractivity contribution in [3.05, 3.63) is 59.7 Å². The summed E-state index contributed by atoms with van der Waals surface area (Å²) in [5.41, 5.74) is 0.937. The fourth-order valence-electron chi connectivity index (χ4n) is 2.37. The molecule has 0 fully saturated rings. The van der Waals surface area contributed by atoms with Gasteiger partial charge in [-0.3, -0.25) is 9.59 Å². The third-order valence-corrected chi connectivity index (χ3v) is 4.34. The van der Waals surface area contributed by atoms with Gasteiger partial charge in [0.05, 0.1) is 18.4 Å². The van der Waals surface area contributed by atoms with Crippen molar-refractivity contribution >= 4 is 29.2 Å². The highest BCUT2D eigenvalue weighted by Crippen LogP contribution is 2.24. The van der Waals surface area contributed by atoms with Crippen LogP contribution in [-0.2, 0) is 20.7 Å². The van der Waals surface area contributed by atoms with Gasteiger partial charge in [0, 0.05) is 5.69 Å². The normalized spacial score (nSPS) is 10.8. The number of ether oxygens (including phenoxy) is 1. The minimum absolute atomic E-state index is 0.222. The number of carbonyl (C=O) groups is 3. The van der Waals surface area contributed by atoms with E-state index in [2.05, 4.69) is 10.6 Å². The number of para-hydroxylation sites is 1. The first kappa shape index (κ1) is 20.2. The van der Waals surface area contributed by atoms with Gasteiger partial charge in [-0.05, 0) is 50.1 Å². The van der Waals surface area contributed by atoms with Crippen molar-refractivity contribution in [2.24, 2.45) is 5.41 Å². The molecule has 2 rings (SSSR count). The zero-order chi connectivity index (χ0) is 20.0. The highest BCUT2D eigenvalue weighted by Gasteiger charge is 2.36. The van der Waals surface area contributed by atoms with Gasteiger partial charge < -0.3 is 15.4 Å². The summed E-state index contributed by atoms with van der Waals surface area (Å²) in [7, 11) is 1.27. The van der Waals surface area contributed by atoms with E-state index in [0.717, 1.165) is 12.0 Å². The van der Waals surface area contributed by atoms with Crippen LogP contribution in [0.3, 0.4) is 0 Å². The number of carbonyl (C=O) groups excluding carboxylic acids is 3. The van der Waals surface area contributed by atoms with Crippen LogP contribution in [0.4, 0.5) is 11.4 Å². The van der Waals surface area contributed by atoms with E-state index in [1.54, 1.807) is 36.4 Å². The first-order valence-corrected chi connectivity index (χ1v) is 8.68. The predicted octanol–water partition coefficient (Wildman–Crippen LogP) is 3.64. The number of hydrogen-bond acceptors (Lipinski definition) is 4. The van der Waals surface area contributed by atoms with E-state index in [0.29, 0.717) is 11.4 Å². The number of rotatable bonds is 6. The van der Waals surface area contributed by atoms with Crippen LogP contribution in [0.25, 0.3) is 0 Å². The van der Waals surface area contributed by atoms with E-state index in [1.807, 2.05) is 19.1 Å². The number of esters is 1. The summed E-state index contributed by atoms with van der Waals surface area (Å²) in [4.78, 5) is 37.2. The van der Waals surface area contributed by atoms with Gasteiger partial charge >= 0.3 is 5.97 Å². The van der Waals surface area contributed by atoms with Crippen molar-refractivity contribution in [3.8, 4) is 0 Å². The Bertz CT molecular complexity index is 842. The first-order valence-electron chi connectivity index (χ1n) is 8.68. The average molecular weight is 368 g/mol. The summed E-state index contributed by atoms with van der Waals surface area (Å²) in [6.07, 6.45) is 0.904. The zero-order valence-corrected chi connectivity index (χ0v) is 16.0. The lowest BCUT2D eigenvalue weighted by atomic mass is 9.90. The van der Waals surface area contributed by atoms with Gasteiger partial charge in [0.2, 0.25) is 11.8 Å². The Morgan fingerprint density at radius 3 is 2.11 bits per heavy atom. The van der Waals surface area contributed by atoms with E-state index in [9.17, 15) is 14.4 Å². The fraction of sp³-hybridized carbons (Fsp3) is 0.286. The number of aryl methyl sites for hydroxylation is 1. The Hall–Kier alpha value is -3.15. The van der Waals surface area contributed by atoms with E-state index >= 15 is 0 Å². The lowest BCUT2D eigenvalue weighted by molar-refractivity contribution is -0.135. The number of benzene rings is 2. The number of amides is 2. The van der Waals surface area contributed by atoms with Gasteiger partial charge in [-0.2, -0.15) is 0 Å². The molecule has 2 N–H and O–H groups in total. The van der Waals surface area contributed by atoms with Crippen molar-refractivity contribution in [2.75, 3.05) is 17.7 Å². The van der Waals surface area contributed by atoms with E-state index in [4.69, 9.17) is 4.74 Å². The molecule has 2 aromatic carbocycles. The summed E-state index contributed by atoms with van der Waals surface area (Å²) in [6.45, 7) is 5.10. The highest BCUT2D eigenvalue weighted by atomic mass is 16.5. The van der Waals surface area contributed by atoms with Crippen LogP contribution >= 0.6 is 0 Å². The molecule has 0 aliphatic carbocycles. The Kier molecular flexibility index (Phi) is 6.34. The number of hydrogen-bond donors (Lipinski definition) is 2. The molecule has 27 heavy (non-hydrogen) atoms. The van der Waals surface area contributed by atoms with E-state index in [-0.39, 0.29) is 5.56 Å². The Labute approximate surface area is 158 Å². The Morgan fingerprint density at radius 1 is 0.926 bits per heavy atom. The second kappa shape index (κ2) is 8.49. The molecule has 0 saturated carbocycles. The van der Waals surface area contributed by atoms with Crippen LogP contribution in [0.5, 0.6) is 0 Å². The summed E-state index contributed by atoms with van der Waals surface area (Å²) < 4.78 is 4.72. The fourth-order valence-corrected chi connectivity index (χ4v) is 2.37. The molecule has 2 amide bonds. The molecule has 0 radical (unpaired) electrons. The lowest BCUT2D eigenvalue weighted by Crippen LogP contribution is -2.41. The predicted molar refractivity (Wildman–Crippen MR) is 105 cm³/mol. The maximum absolute atomic E-state index is 12.7. The number of nitrogens with one attached hydrogen (secondary N) is 2. The van der Waals surface area contributed by atoms with Crippen LogP contribution in [0.2, 0.25) is 0 Å². The van der Waals surface area contributed by atoms with Crippen LogP contribution < -0.4 is 10.6 Å². The number of anilines is 2. The molecule has 142 valence electrons. The topological polar surface area (TPSA) is 84.5 Å². The van der Waals surface area contributed by atoms with Crippen LogP contribution in [-0.4, -0.2) is 24.9 Å². The minimum atomic E-state index is -1.35. The SMILES string of the molecule is CCc1ccc(NC(=O)C(C)(C)C(=O)Nc2ccccc2C(=O)OC)cc1. The molecule has 6 heteroatoms. The van der Waals surface area contributed by atoms with Crippen molar-refractivity contribution in [1.29, 1.82) is 0 Å². The summed E-state index contributed by atoms with van der Waals surface area (Å²) in [5.74, 6) is -1.54. The maximum Gasteiger partial charge on any atom is 0.339 e. The van der Waals surface area contributed by atoms with E-state index < -0.39 is 23.2 Å². The molecule has 0 saturated heterocycles. The summed E-state index contributed by atoms with van der Waals surface area (Å²) in [6, 6.07) is 13.9. The number of methoxy groups -OCH3 is 1. The molecule has 0 atom stereocenters. The molecule has 0 bridgehead atoms. The van der Waals surface area contributed by atoms with E-state index in [1.165, 1.54) is 21.0 Å². The quantitative estimate of drug-likeness (QED) is 0.602. The monoisotopic (exact) mass is 368 g/mol. The average Bonchev–Trinajstić information content (AvgIpc) is 2.68. The van der Waals surface area contributed by atoms with Gasteiger partial charge in [-0.1, -0.05) is 31.2 Å². The van der Waals surface area contributed by atoms with Crippen molar-refractivity contribution in [3.63, 3.8) is 0 Å². The first-order chi connectivity index (χ1) is 12.8. The van der Waals surface area contributed by atoms with Gasteiger partial charge in [0.15, 0.2) is 0 Å². The van der Waals surface area contributed by atoms with Crippen molar-refractivity contribution < 1.29 is 19.1 Å². The second-order valence-corrected chi connectivity index (χ2v) is 6.62. The second-order valence-electron chi connectivity index (χ2n) is 6.62. The third kappa shape index (κ3) is 4.73. The molecular formula is C21H24N2O4.